The maximum absolute atomic E-state index is 13.3. The van der Waals surface area contributed by atoms with E-state index in [-0.39, 0.29) is 37.7 Å². The molecule has 3 heterocycles. The van der Waals surface area contributed by atoms with Crippen LogP contribution in [0.3, 0.4) is 0 Å². The predicted octanol–water partition coefficient (Wildman–Crippen LogP) is 4.45. The van der Waals surface area contributed by atoms with Gasteiger partial charge in [0.25, 0.3) is 0 Å². The Bertz CT molecular complexity index is 1630. The van der Waals surface area contributed by atoms with Gasteiger partial charge in [0.1, 0.15) is 17.4 Å². The van der Waals surface area contributed by atoms with Crippen molar-refractivity contribution in [1.82, 2.24) is 9.97 Å². The predicted molar refractivity (Wildman–Crippen MR) is 135 cm³/mol. The highest BCUT2D eigenvalue weighted by Crippen LogP contribution is 2.55. The van der Waals surface area contributed by atoms with E-state index >= 15 is 0 Å². The third-order valence-electron chi connectivity index (χ3n) is 7.68. The summed E-state index contributed by atoms with van der Waals surface area (Å²) in [6.45, 7) is 2.00. The van der Waals surface area contributed by atoms with Crippen LogP contribution in [-0.2, 0) is 19.1 Å². The number of rotatable bonds is 4. The van der Waals surface area contributed by atoms with E-state index in [1.165, 1.54) is 0 Å². The lowest BCUT2D eigenvalue weighted by Gasteiger charge is -2.38. The van der Waals surface area contributed by atoms with E-state index in [1.54, 1.807) is 14.0 Å². The molecular formula is C29H24N2O7. The molecule has 0 amide bonds. The molecule has 0 radical (unpaired) electrons. The number of hydrogen-bond donors (Lipinski definition) is 0. The highest BCUT2D eigenvalue weighted by molar-refractivity contribution is 5.90. The van der Waals surface area contributed by atoms with Gasteiger partial charge in [0, 0.05) is 23.8 Å². The molecule has 4 aromatic rings. The van der Waals surface area contributed by atoms with Gasteiger partial charge in [-0.05, 0) is 47.5 Å². The van der Waals surface area contributed by atoms with E-state index in [2.05, 4.69) is 0 Å². The van der Waals surface area contributed by atoms with Crippen molar-refractivity contribution in [2.24, 2.45) is 11.8 Å². The number of nitrogens with zero attached hydrogens (tertiary/aromatic N) is 2. The third-order valence-corrected chi connectivity index (χ3v) is 7.68. The maximum atomic E-state index is 13.3. The van der Waals surface area contributed by atoms with E-state index in [1.807, 2.05) is 48.5 Å². The van der Waals surface area contributed by atoms with Crippen LogP contribution < -0.4 is 14.2 Å². The quantitative estimate of drug-likeness (QED) is 0.290. The van der Waals surface area contributed by atoms with Gasteiger partial charge in [-0.1, -0.05) is 19.1 Å². The smallest absolute Gasteiger partial charge is 0.310 e. The maximum Gasteiger partial charge on any atom is 0.310 e. The van der Waals surface area contributed by atoms with Gasteiger partial charge < -0.3 is 23.7 Å². The molecule has 9 nitrogen and oxygen atoms in total. The minimum atomic E-state index is -0.647. The Morgan fingerprint density at radius 3 is 2.45 bits per heavy atom. The first-order valence-electron chi connectivity index (χ1n) is 12.6. The van der Waals surface area contributed by atoms with Gasteiger partial charge in [0.2, 0.25) is 6.79 Å². The number of carbonyl (C=O) groups excluding carboxylic acids is 2. The van der Waals surface area contributed by atoms with Crippen LogP contribution in [0.15, 0.2) is 48.5 Å². The molecule has 3 aliphatic rings. The topological polar surface area (TPSA) is 106 Å². The number of ether oxygens (including phenoxy) is 5. The Labute approximate surface area is 217 Å². The van der Waals surface area contributed by atoms with Gasteiger partial charge in [0.05, 0.1) is 36.2 Å². The van der Waals surface area contributed by atoms with Crippen LogP contribution in [0.2, 0.25) is 0 Å². The summed E-state index contributed by atoms with van der Waals surface area (Å²) >= 11 is 0. The van der Waals surface area contributed by atoms with Crippen molar-refractivity contribution in [3.63, 3.8) is 0 Å². The normalized spacial score (nSPS) is 23.2. The summed E-state index contributed by atoms with van der Waals surface area (Å²) in [5.74, 6) is -0.305. The molecule has 1 aromatic heterocycles. The Balaban J connectivity index is 1.47. The van der Waals surface area contributed by atoms with Gasteiger partial charge >= 0.3 is 11.9 Å². The number of esters is 2. The Hall–Kier alpha value is -4.40. The number of para-hydroxylation sites is 2. The number of hydrogen-bond acceptors (Lipinski definition) is 9. The molecule has 4 atom stereocenters. The van der Waals surface area contributed by atoms with Crippen molar-refractivity contribution in [3.8, 4) is 17.2 Å². The standard InChI is InChI=1S/C29H24N2O7/c1-3-24(32)38-28-16-11-22-21(36-13-37-22)10-15(16)25(26-17(28)12-35-29(26)33)14-8-20-27(23(9-14)34-2)31-19-7-5-4-6-18(19)30-20/h4-11,17,25-26,28H,3,12-13H2,1-2H3/t17-,25+,26-,28+/m0/s1. The van der Waals surface area contributed by atoms with Crippen LogP contribution in [0, 0.1) is 11.8 Å². The number of fused-ring (bicyclic) bond motifs is 5. The fourth-order valence-electron chi connectivity index (χ4n) is 5.94. The minimum Gasteiger partial charge on any atom is -0.494 e. The number of methoxy groups -OCH3 is 1. The molecule has 1 saturated heterocycles. The van der Waals surface area contributed by atoms with E-state index < -0.39 is 17.9 Å². The molecule has 192 valence electrons. The molecule has 0 saturated carbocycles. The highest BCUT2D eigenvalue weighted by atomic mass is 16.7. The van der Waals surface area contributed by atoms with Gasteiger partial charge in [0.15, 0.2) is 11.5 Å². The van der Waals surface area contributed by atoms with Crippen LogP contribution in [0.5, 0.6) is 17.2 Å². The van der Waals surface area contributed by atoms with E-state index in [9.17, 15) is 9.59 Å². The van der Waals surface area contributed by atoms with Crippen molar-refractivity contribution in [1.29, 1.82) is 0 Å². The molecule has 3 aromatic carbocycles. The molecule has 0 spiro atoms. The fraction of sp³-hybridized carbons (Fsp3) is 0.310. The Kier molecular flexibility index (Phi) is 5.14. The van der Waals surface area contributed by atoms with E-state index in [0.29, 0.717) is 28.3 Å². The number of aromatic nitrogens is 2. The lowest BCUT2D eigenvalue weighted by Crippen LogP contribution is -2.36. The first-order chi connectivity index (χ1) is 18.6. The number of benzene rings is 3. The van der Waals surface area contributed by atoms with E-state index in [0.717, 1.165) is 27.7 Å². The van der Waals surface area contributed by atoms with Crippen molar-refractivity contribution in [3.05, 3.63) is 65.2 Å². The largest absolute Gasteiger partial charge is 0.494 e. The van der Waals surface area contributed by atoms with Crippen molar-refractivity contribution in [2.45, 2.75) is 25.4 Å². The summed E-state index contributed by atoms with van der Waals surface area (Å²) in [6, 6.07) is 15.3. The van der Waals surface area contributed by atoms with Crippen molar-refractivity contribution in [2.75, 3.05) is 20.5 Å². The minimum absolute atomic E-state index is 0.101. The molecule has 2 aliphatic heterocycles. The second kappa shape index (κ2) is 8.58. The summed E-state index contributed by atoms with van der Waals surface area (Å²) in [6.07, 6.45) is -0.425. The van der Waals surface area contributed by atoms with Gasteiger partial charge in [-0.3, -0.25) is 9.59 Å². The first-order valence-corrected chi connectivity index (χ1v) is 12.6. The third kappa shape index (κ3) is 3.38. The van der Waals surface area contributed by atoms with Crippen LogP contribution in [-0.4, -0.2) is 42.4 Å². The molecule has 7 rings (SSSR count). The van der Waals surface area contributed by atoms with Crippen molar-refractivity contribution >= 4 is 34.0 Å². The molecule has 0 N–H and O–H groups in total. The lowest BCUT2D eigenvalue weighted by molar-refractivity contribution is -0.154. The zero-order valence-electron chi connectivity index (χ0n) is 20.8. The summed E-state index contributed by atoms with van der Waals surface area (Å²) in [4.78, 5) is 35.3. The molecule has 1 aliphatic carbocycles. The molecule has 9 heteroatoms. The number of cyclic esters (lactones) is 1. The monoisotopic (exact) mass is 512 g/mol. The van der Waals surface area contributed by atoms with Crippen LogP contribution in [0.4, 0.5) is 0 Å². The molecule has 38 heavy (non-hydrogen) atoms. The van der Waals surface area contributed by atoms with Crippen LogP contribution in [0.1, 0.15) is 42.1 Å². The zero-order chi connectivity index (χ0) is 26.0. The second-order valence-electron chi connectivity index (χ2n) is 9.70. The van der Waals surface area contributed by atoms with Crippen molar-refractivity contribution < 1.29 is 33.3 Å². The van der Waals surface area contributed by atoms with Gasteiger partial charge in [-0.25, -0.2) is 9.97 Å². The average Bonchev–Trinajstić information content (AvgIpc) is 3.56. The fourth-order valence-corrected chi connectivity index (χ4v) is 5.94. The molecule has 0 unspecified atom stereocenters. The zero-order valence-corrected chi connectivity index (χ0v) is 20.8. The second-order valence-corrected chi connectivity index (χ2v) is 9.70. The van der Waals surface area contributed by atoms with E-state index in [4.69, 9.17) is 33.7 Å². The summed E-state index contributed by atoms with van der Waals surface area (Å²) in [7, 11) is 1.59. The Morgan fingerprint density at radius 2 is 1.71 bits per heavy atom. The van der Waals surface area contributed by atoms with Crippen LogP contribution >= 0.6 is 0 Å². The summed E-state index contributed by atoms with van der Waals surface area (Å²) in [5.41, 5.74) is 5.24. The Morgan fingerprint density at radius 1 is 0.974 bits per heavy atom. The molecule has 1 fully saturated rings. The SMILES string of the molecule is CCC(=O)O[C@@H]1c2cc3c(cc2[C@@H](c2cc(OC)c4nc5ccccc5nc4c2)[C@H]2C(=O)OC[C@@H]21)OCO3. The van der Waals surface area contributed by atoms with Gasteiger partial charge in [-0.15, -0.1) is 0 Å². The highest BCUT2D eigenvalue weighted by Gasteiger charge is 2.54. The van der Waals surface area contributed by atoms with Gasteiger partial charge in [-0.2, -0.15) is 0 Å². The summed E-state index contributed by atoms with van der Waals surface area (Å²) in [5, 5.41) is 0. The molecule has 0 bridgehead atoms. The molecular weight excluding hydrogens is 488 g/mol. The first kappa shape index (κ1) is 22.8. The lowest BCUT2D eigenvalue weighted by atomic mass is 9.66. The van der Waals surface area contributed by atoms with Crippen LogP contribution in [0.25, 0.3) is 22.1 Å². The summed E-state index contributed by atoms with van der Waals surface area (Å²) < 4.78 is 28.6. The average molecular weight is 513 g/mol. The number of carbonyl (C=O) groups is 2.